The molecule has 11 heteroatoms. The molecular formula is C26H21ClN4O6. The first-order chi connectivity index (χ1) is 17.8. The highest BCUT2D eigenvalue weighted by Gasteiger charge is 2.35. The van der Waals surface area contributed by atoms with Crippen LogP contribution in [0.15, 0.2) is 47.8 Å². The number of hydrogen-bond donors (Lipinski definition) is 4. The summed E-state index contributed by atoms with van der Waals surface area (Å²) in [5.41, 5.74) is 3.91. The average Bonchev–Trinajstić information content (AvgIpc) is 3.26. The molecular weight excluding hydrogens is 500 g/mol. The molecule has 10 nitrogen and oxygen atoms in total. The molecule has 2 amide bonds. The second kappa shape index (κ2) is 11.0. The van der Waals surface area contributed by atoms with Crippen molar-refractivity contribution in [2.24, 2.45) is 0 Å². The Hall–Kier alpha value is -4.58. The summed E-state index contributed by atoms with van der Waals surface area (Å²) in [4.78, 5) is 59.2. The van der Waals surface area contributed by atoms with Gasteiger partial charge in [0.2, 0.25) is 0 Å². The highest BCUT2D eigenvalue weighted by atomic mass is 35.5. The van der Waals surface area contributed by atoms with E-state index < -0.39 is 18.0 Å². The van der Waals surface area contributed by atoms with Crippen molar-refractivity contribution >= 4 is 52.8 Å². The van der Waals surface area contributed by atoms with E-state index >= 15 is 0 Å². The predicted molar refractivity (Wildman–Crippen MR) is 134 cm³/mol. The Morgan fingerprint density at radius 1 is 1.11 bits per heavy atom. The fourth-order valence-electron chi connectivity index (χ4n) is 4.42. The van der Waals surface area contributed by atoms with Gasteiger partial charge in [0.05, 0.1) is 12.5 Å². The van der Waals surface area contributed by atoms with Crippen molar-refractivity contribution in [3.05, 3.63) is 75.1 Å². The van der Waals surface area contributed by atoms with E-state index in [1.807, 2.05) is 17.9 Å². The molecule has 37 heavy (non-hydrogen) atoms. The number of hydrogen-bond acceptors (Lipinski definition) is 7. The van der Waals surface area contributed by atoms with Gasteiger partial charge in [-0.25, -0.2) is 19.2 Å². The summed E-state index contributed by atoms with van der Waals surface area (Å²) < 4.78 is 0. The zero-order valence-electron chi connectivity index (χ0n) is 19.4. The fraction of sp³-hybridized carbons (Fsp3) is 0.231. The molecule has 0 spiro atoms. The monoisotopic (exact) mass is 520 g/mol. The number of carboxylic acid groups (broad SMARTS) is 1. The van der Waals surface area contributed by atoms with E-state index in [0.29, 0.717) is 41.9 Å². The van der Waals surface area contributed by atoms with Crippen LogP contribution in [0.4, 0.5) is 10.5 Å². The number of nitrogens with one attached hydrogen (secondary N) is 3. The number of amides is 2. The van der Waals surface area contributed by atoms with Gasteiger partial charge in [0, 0.05) is 35.8 Å². The molecule has 0 bridgehead atoms. The number of benzene rings is 2. The normalized spacial score (nSPS) is 16.2. The summed E-state index contributed by atoms with van der Waals surface area (Å²) in [7, 11) is 0. The predicted octanol–water partition coefficient (Wildman–Crippen LogP) is 2.46. The highest BCUT2D eigenvalue weighted by molar-refractivity contribution is 6.31. The lowest BCUT2D eigenvalue weighted by Crippen LogP contribution is -2.41. The number of allylic oxidation sites excluding steroid dienone is 1. The number of halogens is 1. The van der Waals surface area contributed by atoms with Gasteiger partial charge in [0.1, 0.15) is 29.0 Å². The molecule has 0 aromatic heterocycles. The molecule has 4 rings (SSSR count). The van der Waals surface area contributed by atoms with Gasteiger partial charge in [-0.15, -0.1) is 0 Å². The minimum absolute atomic E-state index is 0.166. The Labute approximate surface area is 216 Å². The van der Waals surface area contributed by atoms with Crippen molar-refractivity contribution in [2.45, 2.75) is 38.4 Å². The van der Waals surface area contributed by atoms with Crippen molar-refractivity contribution in [1.82, 2.24) is 15.5 Å². The van der Waals surface area contributed by atoms with Crippen molar-refractivity contribution in [1.29, 1.82) is 0 Å². The lowest BCUT2D eigenvalue weighted by Gasteiger charge is -2.33. The maximum atomic E-state index is 12.4. The second-order valence-corrected chi connectivity index (χ2v) is 8.94. The molecule has 4 N–H and O–H groups in total. The summed E-state index contributed by atoms with van der Waals surface area (Å²) in [5.74, 6) is 4.55. The Morgan fingerprint density at radius 3 is 2.59 bits per heavy atom. The quantitative estimate of drug-likeness (QED) is 0.425. The maximum absolute atomic E-state index is 12.4. The summed E-state index contributed by atoms with van der Waals surface area (Å²) in [5, 5.41) is 17.3. The van der Waals surface area contributed by atoms with Crippen molar-refractivity contribution in [2.75, 3.05) is 5.32 Å². The zero-order valence-corrected chi connectivity index (χ0v) is 20.1. The third-order valence-electron chi connectivity index (χ3n) is 6.15. The van der Waals surface area contributed by atoms with Gasteiger partial charge in [0.15, 0.2) is 5.94 Å². The minimum atomic E-state index is -1.01. The maximum Gasteiger partial charge on any atom is 0.319 e. The van der Waals surface area contributed by atoms with Crippen LogP contribution in [0.1, 0.15) is 35.1 Å². The average molecular weight is 521 g/mol. The number of aliphatic carboxylic acids is 1. The van der Waals surface area contributed by atoms with Crippen LogP contribution in [0.3, 0.4) is 0 Å². The molecule has 0 saturated carbocycles. The summed E-state index contributed by atoms with van der Waals surface area (Å²) >= 11 is 6.10. The number of piperidine rings is 1. The highest BCUT2D eigenvalue weighted by Crippen LogP contribution is 2.37. The van der Waals surface area contributed by atoms with Gasteiger partial charge < -0.3 is 26.0 Å². The number of urea groups is 1. The molecule has 2 aliphatic rings. The molecule has 1 fully saturated rings. The van der Waals surface area contributed by atoms with E-state index in [2.05, 4.69) is 16.0 Å². The molecule has 0 radical (unpaired) electrons. The van der Waals surface area contributed by atoms with Crippen molar-refractivity contribution in [3.63, 3.8) is 0 Å². The number of nitrogens with zero attached hydrogens (tertiary/aromatic N) is 1. The Bertz CT molecular complexity index is 1430. The van der Waals surface area contributed by atoms with Gasteiger partial charge in [-0.05, 0) is 35.2 Å². The molecule has 2 aromatic carbocycles. The SMILES string of the molecule is O=C=C1CCC(N2Cc3cc(CNC(=O)Nc4ccc(CC(=O)O)c(Cl)c4)ccc3C2=C=O)C(=C=O)N1. The molecule has 2 heterocycles. The number of rotatable bonds is 6. The lowest BCUT2D eigenvalue weighted by atomic mass is 10.0. The summed E-state index contributed by atoms with van der Waals surface area (Å²) in [6.07, 6.45) is 0.607. The number of fused-ring (bicyclic) bond motifs is 1. The number of anilines is 1. The molecule has 1 saturated heterocycles. The second-order valence-electron chi connectivity index (χ2n) is 8.53. The number of carbonyl (C=O) groups excluding carboxylic acids is 4. The lowest BCUT2D eigenvalue weighted by molar-refractivity contribution is -0.136. The van der Waals surface area contributed by atoms with Crippen LogP contribution in [0, 0.1) is 0 Å². The first-order valence-electron chi connectivity index (χ1n) is 11.3. The van der Waals surface area contributed by atoms with Crippen molar-refractivity contribution < 1.29 is 29.1 Å². The van der Waals surface area contributed by atoms with Crippen LogP contribution in [-0.4, -0.2) is 45.9 Å². The fourth-order valence-corrected chi connectivity index (χ4v) is 4.67. The van der Waals surface area contributed by atoms with Crippen LogP contribution in [0.5, 0.6) is 0 Å². The van der Waals surface area contributed by atoms with Crippen molar-refractivity contribution in [3.8, 4) is 0 Å². The van der Waals surface area contributed by atoms with Gasteiger partial charge >= 0.3 is 12.0 Å². The van der Waals surface area contributed by atoms with Crippen LogP contribution in [-0.2, 0) is 38.7 Å². The Morgan fingerprint density at radius 2 is 1.92 bits per heavy atom. The summed E-state index contributed by atoms with van der Waals surface area (Å²) in [6, 6.07) is 9.05. The molecule has 0 aliphatic carbocycles. The Balaban J connectivity index is 1.41. The number of carboxylic acids is 1. The van der Waals surface area contributed by atoms with E-state index in [9.17, 15) is 24.0 Å². The van der Waals surface area contributed by atoms with E-state index in [0.717, 1.165) is 11.1 Å². The Kier molecular flexibility index (Phi) is 7.58. The third kappa shape index (κ3) is 5.64. The minimum Gasteiger partial charge on any atom is -0.481 e. The van der Waals surface area contributed by atoms with E-state index in [1.165, 1.54) is 6.07 Å². The van der Waals surface area contributed by atoms with Crippen LogP contribution in [0.2, 0.25) is 5.02 Å². The topological polar surface area (TPSA) is 145 Å². The van der Waals surface area contributed by atoms with E-state index in [1.54, 1.807) is 35.1 Å². The van der Waals surface area contributed by atoms with Crippen LogP contribution < -0.4 is 16.0 Å². The zero-order chi connectivity index (χ0) is 26.5. The van der Waals surface area contributed by atoms with E-state index in [4.69, 9.17) is 16.7 Å². The first kappa shape index (κ1) is 25.5. The molecule has 1 unspecified atom stereocenters. The first-order valence-corrected chi connectivity index (χ1v) is 11.7. The summed E-state index contributed by atoms with van der Waals surface area (Å²) in [6.45, 7) is 0.543. The molecule has 188 valence electrons. The molecule has 2 aliphatic heterocycles. The van der Waals surface area contributed by atoms with E-state index in [-0.39, 0.29) is 29.4 Å². The van der Waals surface area contributed by atoms with Gasteiger partial charge in [-0.1, -0.05) is 35.9 Å². The van der Waals surface area contributed by atoms with Gasteiger partial charge in [-0.3, -0.25) is 4.79 Å². The van der Waals surface area contributed by atoms with Gasteiger partial charge in [-0.2, -0.15) is 0 Å². The number of carbonyl (C=O) groups is 2. The largest absolute Gasteiger partial charge is 0.481 e. The standard InChI is InChI=1S/C26H21ClN4O6/c27-21-9-18(3-2-16(21)8-25(35)36)30-26(37)28-10-15-1-5-20-17(7-15)11-31(24(20)14-34)23-6-4-19(12-32)29-22(23)13-33/h1-3,5,7,9,23,29H,4,6,8,10-11H2,(H,35,36)(H2,28,30,37). The molecule has 1 atom stereocenters. The molecule has 2 aromatic rings. The van der Waals surface area contributed by atoms with Gasteiger partial charge in [0.25, 0.3) is 0 Å². The smallest absolute Gasteiger partial charge is 0.319 e. The van der Waals surface area contributed by atoms with Crippen LogP contribution >= 0.6 is 11.6 Å². The van der Waals surface area contributed by atoms with Crippen LogP contribution in [0.25, 0.3) is 5.70 Å². The third-order valence-corrected chi connectivity index (χ3v) is 6.50.